The van der Waals surface area contributed by atoms with Crippen molar-refractivity contribution in [2.75, 3.05) is 51.3 Å². The highest BCUT2D eigenvalue weighted by molar-refractivity contribution is 7.98. The summed E-state index contributed by atoms with van der Waals surface area (Å²) in [6.45, 7) is 7.89. The molecule has 0 aromatic rings. The maximum absolute atomic E-state index is 10.9. The summed E-state index contributed by atoms with van der Waals surface area (Å²) in [5, 5.41) is 0. The SMILES string of the molecule is CSCCCN1CCN(CC(C)=O)CC1. The highest BCUT2D eigenvalue weighted by Gasteiger charge is 2.16. The predicted molar refractivity (Wildman–Crippen MR) is 66.6 cm³/mol. The Morgan fingerprint density at radius 1 is 1.20 bits per heavy atom. The molecule has 0 amide bonds. The van der Waals surface area contributed by atoms with Crippen molar-refractivity contribution in [1.29, 1.82) is 0 Å². The summed E-state index contributed by atoms with van der Waals surface area (Å²) in [6, 6.07) is 0. The highest BCUT2D eigenvalue weighted by Crippen LogP contribution is 2.04. The maximum Gasteiger partial charge on any atom is 0.143 e. The molecule has 0 aliphatic carbocycles. The van der Waals surface area contributed by atoms with E-state index in [-0.39, 0.29) is 5.78 Å². The quantitative estimate of drug-likeness (QED) is 0.634. The Morgan fingerprint density at radius 2 is 1.80 bits per heavy atom. The molecule has 4 heteroatoms. The first-order chi connectivity index (χ1) is 7.22. The monoisotopic (exact) mass is 230 g/mol. The van der Waals surface area contributed by atoms with Crippen LogP contribution in [0.25, 0.3) is 0 Å². The van der Waals surface area contributed by atoms with Gasteiger partial charge in [-0.2, -0.15) is 11.8 Å². The molecule has 0 aromatic heterocycles. The van der Waals surface area contributed by atoms with Crippen LogP contribution in [0.5, 0.6) is 0 Å². The van der Waals surface area contributed by atoms with E-state index < -0.39 is 0 Å². The molecule has 1 rings (SSSR count). The van der Waals surface area contributed by atoms with Crippen LogP contribution >= 0.6 is 11.8 Å². The minimum absolute atomic E-state index is 0.283. The van der Waals surface area contributed by atoms with Crippen molar-refractivity contribution in [2.24, 2.45) is 0 Å². The summed E-state index contributed by atoms with van der Waals surface area (Å²) < 4.78 is 0. The van der Waals surface area contributed by atoms with Gasteiger partial charge in [-0.15, -0.1) is 0 Å². The number of hydrogen-bond donors (Lipinski definition) is 0. The number of rotatable bonds is 6. The van der Waals surface area contributed by atoms with Gasteiger partial charge in [-0.3, -0.25) is 9.69 Å². The molecular weight excluding hydrogens is 208 g/mol. The molecule has 1 aliphatic heterocycles. The lowest BCUT2D eigenvalue weighted by atomic mass is 10.3. The lowest BCUT2D eigenvalue weighted by Crippen LogP contribution is -2.47. The second-order valence-electron chi connectivity index (χ2n) is 4.17. The van der Waals surface area contributed by atoms with E-state index >= 15 is 0 Å². The summed E-state index contributed by atoms with van der Waals surface area (Å²) in [6.07, 6.45) is 3.44. The average Bonchev–Trinajstić information content (AvgIpc) is 2.20. The third kappa shape index (κ3) is 5.54. The van der Waals surface area contributed by atoms with Gasteiger partial charge in [0.1, 0.15) is 5.78 Å². The third-order valence-electron chi connectivity index (χ3n) is 2.73. The van der Waals surface area contributed by atoms with Gasteiger partial charge < -0.3 is 4.90 Å². The fraction of sp³-hybridized carbons (Fsp3) is 0.909. The van der Waals surface area contributed by atoms with E-state index in [1.165, 1.54) is 18.7 Å². The maximum atomic E-state index is 10.9. The zero-order chi connectivity index (χ0) is 11.1. The standard InChI is InChI=1S/C11H22N2OS/c1-11(14)10-13-7-5-12(6-8-13)4-3-9-15-2/h3-10H2,1-2H3. The Bertz CT molecular complexity index is 191. The fourth-order valence-electron chi connectivity index (χ4n) is 1.92. The van der Waals surface area contributed by atoms with Crippen LogP contribution in [-0.2, 0) is 4.79 Å². The van der Waals surface area contributed by atoms with Gasteiger partial charge in [0.15, 0.2) is 0 Å². The first-order valence-electron chi connectivity index (χ1n) is 5.65. The van der Waals surface area contributed by atoms with Crippen LogP contribution in [0.1, 0.15) is 13.3 Å². The lowest BCUT2D eigenvalue weighted by Gasteiger charge is -2.34. The number of piperazine rings is 1. The van der Waals surface area contributed by atoms with E-state index in [2.05, 4.69) is 16.1 Å². The van der Waals surface area contributed by atoms with Crippen LogP contribution in [0, 0.1) is 0 Å². The van der Waals surface area contributed by atoms with E-state index in [0.717, 1.165) is 26.2 Å². The summed E-state index contributed by atoms with van der Waals surface area (Å²) in [5.74, 6) is 1.54. The van der Waals surface area contributed by atoms with Crippen LogP contribution in [0.4, 0.5) is 0 Å². The molecule has 1 fully saturated rings. The van der Waals surface area contributed by atoms with Crippen molar-refractivity contribution in [3.63, 3.8) is 0 Å². The molecule has 0 bridgehead atoms. The Balaban J connectivity index is 2.10. The zero-order valence-electron chi connectivity index (χ0n) is 9.87. The van der Waals surface area contributed by atoms with Crippen LogP contribution in [-0.4, -0.2) is 66.9 Å². The molecule has 0 spiro atoms. The van der Waals surface area contributed by atoms with E-state index in [1.54, 1.807) is 6.92 Å². The Labute approximate surface area is 97.2 Å². The second-order valence-corrected chi connectivity index (χ2v) is 5.15. The molecular formula is C11H22N2OS. The molecule has 1 aliphatic rings. The molecule has 0 saturated carbocycles. The summed E-state index contributed by atoms with van der Waals surface area (Å²) in [7, 11) is 0. The number of thioether (sulfide) groups is 1. The van der Waals surface area contributed by atoms with Crippen molar-refractivity contribution in [1.82, 2.24) is 9.80 Å². The third-order valence-corrected chi connectivity index (χ3v) is 3.43. The molecule has 3 nitrogen and oxygen atoms in total. The van der Waals surface area contributed by atoms with Crippen LogP contribution in [0.2, 0.25) is 0 Å². The highest BCUT2D eigenvalue weighted by atomic mass is 32.2. The first kappa shape index (κ1) is 13.0. The topological polar surface area (TPSA) is 23.6 Å². The second kappa shape index (κ2) is 7.25. The minimum Gasteiger partial charge on any atom is -0.301 e. The molecule has 88 valence electrons. The minimum atomic E-state index is 0.283. The van der Waals surface area contributed by atoms with Crippen molar-refractivity contribution < 1.29 is 4.79 Å². The molecule has 1 heterocycles. The molecule has 0 N–H and O–H groups in total. The summed E-state index contributed by atoms with van der Waals surface area (Å²) in [5.41, 5.74) is 0. The Hall–Kier alpha value is -0.0600. The normalized spacial score (nSPS) is 19.3. The molecule has 0 unspecified atom stereocenters. The summed E-state index contributed by atoms with van der Waals surface area (Å²) >= 11 is 1.92. The van der Waals surface area contributed by atoms with Gasteiger partial charge in [-0.05, 0) is 31.9 Å². The Kier molecular flexibility index (Phi) is 6.29. The van der Waals surface area contributed by atoms with Crippen LogP contribution in [0.3, 0.4) is 0 Å². The number of Topliss-reactive ketones (excluding diaryl/α,β-unsaturated/α-hetero) is 1. The van der Waals surface area contributed by atoms with Crippen LogP contribution in [0.15, 0.2) is 0 Å². The smallest absolute Gasteiger partial charge is 0.143 e. The van der Waals surface area contributed by atoms with Gasteiger partial charge >= 0.3 is 0 Å². The number of nitrogens with zero attached hydrogens (tertiary/aromatic N) is 2. The fourth-order valence-corrected chi connectivity index (χ4v) is 2.34. The number of carbonyl (C=O) groups excluding carboxylic acids is 1. The van der Waals surface area contributed by atoms with Crippen molar-refractivity contribution >= 4 is 17.5 Å². The van der Waals surface area contributed by atoms with Gasteiger partial charge in [0.2, 0.25) is 0 Å². The lowest BCUT2D eigenvalue weighted by molar-refractivity contribution is -0.118. The molecule has 0 aromatic carbocycles. The predicted octanol–water partition coefficient (Wildman–Crippen LogP) is 0.946. The van der Waals surface area contributed by atoms with Crippen molar-refractivity contribution in [3.8, 4) is 0 Å². The van der Waals surface area contributed by atoms with E-state index in [1.807, 2.05) is 11.8 Å². The molecule has 0 radical (unpaired) electrons. The molecule has 1 saturated heterocycles. The van der Waals surface area contributed by atoms with Gasteiger partial charge in [-0.1, -0.05) is 0 Å². The van der Waals surface area contributed by atoms with E-state index in [4.69, 9.17) is 0 Å². The van der Waals surface area contributed by atoms with Crippen molar-refractivity contribution in [3.05, 3.63) is 0 Å². The first-order valence-corrected chi connectivity index (χ1v) is 7.05. The average molecular weight is 230 g/mol. The summed E-state index contributed by atoms with van der Waals surface area (Å²) in [4.78, 5) is 15.7. The molecule has 15 heavy (non-hydrogen) atoms. The largest absolute Gasteiger partial charge is 0.301 e. The van der Waals surface area contributed by atoms with E-state index in [9.17, 15) is 4.79 Å². The van der Waals surface area contributed by atoms with Crippen molar-refractivity contribution in [2.45, 2.75) is 13.3 Å². The number of hydrogen-bond acceptors (Lipinski definition) is 4. The van der Waals surface area contributed by atoms with Gasteiger partial charge in [0.25, 0.3) is 0 Å². The number of carbonyl (C=O) groups is 1. The number of ketones is 1. The zero-order valence-corrected chi connectivity index (χ0v) is 10.7. The van der Waals surface area contributed by atoms with Gasteiger partial charge in [0.05, 0.1) is 6.54 Å². The van der Waals surface area contributed by atoms with E-state index in [0.29, 0.717) is 6.54 Å². The molecule has 0 atom stereocenters. The van der Waals surface area contributed by atoms with Gasteiger partial charge in [-0.25, -0.2) is 0 Å². The van der Waals surface area contributed by atoms with Gasteiger partial charge in [0, 0.05) is 26.2 Å². The van der Waals surface area contributed by atoms with Crippen LogP contribution < -0.4 is 0 Å². The Morgan fingerprint density at radius 3 is 2.33 bits per heavy atom.